The Kier molecular flexibility index (Phi) is 34.7. The van der Waals surface area contributed by atoms with Crippen molar-refractivity contribution in [2.45, 2.75) is 161 Å². The third kappa shape index (κ3) is 35.8. The summed E-state index contributed by atoms with van der Waals surface area (Å²) in [7, 11) is 0. The van der Waals surface area contributed by atoms with Crippen LogP contribution in [0, 0.1) is 0 Å². The Morgan fingerprint density at radius 2 is 0.848 bits per heavy atom. The van der Waals surface area contributed by atoms with Crippen molar-refractivity contribution in [2.24, 2.45) is 0 Å². The number of aliphatic hydroxyl groups excluding tert-OH is 1. The summed E-state index contributed by atoms with van der Waals surface area (Å²) in [6, 6.07) is 0. The molecule has 1 N–H and O–H groups in total. The van der Waals surface area contributed by atoms with Gasteiger partial charge >= 0.3 is 11.9 Å². The molecule has 0 unspecified atom stereocenters. The maximum absolute atomic E-state index is 11.9. The smallest absolute Gasteiger partial charge is 0.305 e. The first-order valence-electron chi connectivity index (χ1n) is 18.5. The molecule has 1 atom stereocenters. The molecule has 0 aliphatic heterocycles. The Hall–Kier alpha value is -2.66. The van der Waals surface area contributed by atoms with E-state index in [2.05, 4.69) is 86.8 Å². The summed E-state index contributed by atoms with van der Waals surface area (Å²) in [6.07, 6.45) is 48.1. The highest BCUT2D eigenvalue weighted by Crippen LogP contribution is 2.10. The molecule has 0 amide bonds. The monoisotopic (exact) mass is 641 g/mol. The second-order valence-corrected chi connectivity index (χ2v) is 12.0. The van der Waals surface area contributed by atoms with Gasteiger partial charge in [-0.2, -0.15) is 0 Å². The molecule has 0 aromatic rings. The largest absolute Gasteiger partial charge is 0.463 e. The summed E-state index contributed by atoms with van der Waals surface area (Å²) >= 11 is 0. The minimum atomic E-state index is -0.994. The van der Waals surface area contributed by atoms with E-state index in [4.69, 9.17) is 9.47 Å². The van der Waals surface area contributed by atoms with Gasteiger partial charge < -0.3 is 14.6 Å². The highest BCUT2D eigenvalue weighted by atomic mass is 16.6. The van der Waals surface area contributed by atoms with E-state index in [1.54, 1.807) is 0 Å². The molecule has 0 aliphatic carbocycles. The van der Waals surface area contributed by atoms with E-state index >= 15 is 0 Å². The molecule has 5 nitrogen and oxygen atoms in total. The number of rotatable bonds is 32. The molecule has 0 rings (SSSR count). The van der Waals surface area contributed by atoms with Crippen LogP contribution >= 0.6 is 0 Å². The van der Waals surface area contributed by atoms with Crippen molar-refractivity contribution in [2.75, 3.05) is 13.2 Å². The SMILES string of the molecule is CC/C=C\C/C=C\C/C=C\CCCCCCCC(=O)OC[C@H](O)COC(=O)CCC/C=C\C/C=C\C/C=C\CCCCCCCC. The standard InChI is InChI=1S/C41H68O5/c1-3-5-7-9-11-13-15-17-19-20-22-24-26-28-30-32-34-36-41(44)46-38-39(42)37-45-40(43)35-33-31-29-27-25-23-21-18-16-14-12-10-8-6-4-2/h6,8,12,14,17-19,21-22,24,28,30,39,42H,3-5,7,9-11,13,15-16,20,23,25-27,29,31-38H2,1-2H3/b8-6-,14-12-,19-17-,21-18-,24-22-,30-28-/t39-/m0/s1. The van der Waals surface area contributed by atoms with E-state index in [1.807, 2.05) is 0 Å². The number of carbonyl (C=O) groups excluding carboxylic acids is 2. The Labute approximate surface area is 283 Å². The molecule has 0 saturated carbocycles. The Morgan fingerprint density at radius 3 is 1.33 bits per heavy atom. The lowest BCUT2D eigenvalue weighted by Gasteiger charge is -2.12. The van der Waals surface area contributed by atoms with Crippen LogP contribution in [-0.4, -0.2) is 36.4 Å². The van der Waals surface area contributed by atoms with Crippen LogP contribution in [0.1, 0.15) is 155 Å². The maximum atomic E-state index is 11.9. The zero-order chi connectivity index (χ0) is 33.6. The van der Waals surface area contributed by atoms with Gasteiger partial charge in [-0.05, 0) is 77.0 Å². The van der Waals surface area contributed by atoms with Gasteiger partial charge in [0.1, 0.15) is 19.3 Å². The first kappa shape index (κ1) is 43.3. The van der Waals surface area contributed by atoms with Gasteiger partial charge in [-0.25, -0.2) is 0 Å². The molecule has 0 heterocycles. The van der Waals surface area contributed by atoms with Crippen molar-refractivity contribution < 1.29 is 24.2 Å². The van der Waals surface area contributed by atoms with E-state index in [9.17, 15) is 14.7 Å². The number of ether oxygens (including phenoxy) is 2. The molecule has 0 fully saturated rings. The van der Waals surface area contributed by atoms with Gasteiger partial charge in [0.15, 0.2) is 0 Å². The molecule has 0 bridgehead atoms. The highest BCUT2D eigenvalue weighted by molar-refractivity contribution is 5.69. The lowest BCUT2D eigenvalue weighted by atomic mass is 10.1. The molecule has 0 aromatic heterocycles. The van der Waals surface area contributed by atoms with E-state index < -0.39 is 6.10 Å². The van der Waals surface area contributed by atoms with Gasteiger partial charge in [0, 0.05) is 12.8 Å². The van der Waals surface area contributed by atoms with Crippen LogP contribution in [0.2, 0.25) is 0 Å². The fourth-order valence-electron chi connectivity index (χ4n) is 4.64. The fraction of sp³-hybridized carbons (Fsp3) is 0.659. The van der Waals surface area contributed by atoms with E-state index in [1.165, 1.54) is 51.4 Å². The Morgan fingerprint density at radius 1 is 0.478 bits per heavy atom. The van der Waals surface area contributed by atoms with Crippen molar-refractivity contribution >= 4 is 11.9 Å². The minimum Gasteiger partial charge on any atom is -0.463 e. The van der Waals surface area contributed by atoms with E-state index in [0.717, 1.165) is 70.6 Å². The van der Waals surface area contributed by atoms with Crippen LogP contribution in [0.4, 0.5) is 0 Å². The van der Waals surface area contributed by atoms with Crippen molar-refractivity contribution in [1.29, 1.82) is 0 Å². The summed E-state index contributed by atoms with van der Waals surface area (Å²) in [5.41, 5.74) is 0. The molecule has 0 radical (unpaired) electrons. The molecule has 0 saturated heterocycles. The van der Waals surface area contributed by atoms with Crippen molar-refractivity contribution in [3.63, 3.8) is 0 Å². The highest BCUT2D eigenvalue weighted by Gasteiger charge is 2.11. The topological polar surface area (TPSA) is 72.8 Å². The second kappa shape index (κ2) is 36.8. The van der Waals surface area contributed by atoms with Gasteiger partial charge in [-0.3, -0.25) is 9.59 Å². The summed E-state index contributed by atoms with van der Waals surface area (Å²) in [5, 5.41) is 9.98. The van der Waals surface area contributed by atoms with Crippen LogP contribution in [0.3, 0.4) is 0 Å². The van der Waals surface area contributed by atoms with Crippen molar-refractivity contribution in [3.8, 4) is 0 Å². The van der Waals surface area contributed by atoms with Crippen LogP contribution in [-0.2, 0) is 19.1 Å². The molecular weight excluding hydrogens is 572 g/mol. The average molecular weight is 641 g/mol. The van der Waals surface area contributed by atoms with Crippen molar-refractivity contribution in [1.82, 2.24) is 0 Å². The van der Waals surface area contributed by atoms with Gasteiger partial charge in [-0.1, -0.05) is 138 Å². The number of hydrogen-bond donors (Lipinski definition) is 1. The molecule has 0 aliphatic rings. The molecule has 5 heteroatoms. The summed E-state index contributed by atoms with van der Waals surface area (Å²) in [6.45, 7) is 4.10. The zero-order valence-corrected chi connectivity index (χ0v) is 29.6. The molecule has 46 heavy (non-hydrogen) atoms. The maximum Gasteiger partial charge on any atom is 0.305 e. The lowest BCUT2D eigenvalue weighted by molar-refractivity contribution is -0.152. The fourth-order valence-corrected chi connectivity index (χ4v) is 4.64. The number of hydrogen-bond acceptors (Lipinski definition) is 5. The molecular formula is C41H68O5. The van der Waals surface area contributed by atoms with Gasteiger partial charge in [-0.15, -0.1) is 0 Å². The van der Waals surface area contributed by atoms with Gasteiger partial charge in [0.05, 0.1) is 0 Å². The van der Waals surface area contributed by atoms with Crippen LogP contribution in [0.5, 0.6) is 0 Å². The predicted molar refractivity (Wildman–Crippen MR) is 196 cm³/mol. The average Bonchev–Trinajstić information content (AvgIpc) is 3.06. The molecule has 0 aromatic carbocycles. The third-order valence-electron chi connectivity index (χ3n) is 7.43. The number of carbonyl (C=O) groups is 2. The number of esters is 2. The van der Waals surface area contributed by atoms with Crippen LogP contribution < -0.4 is 0 Å². The second-order valence-electron chi connectivity index (χ2n) is 12.0. The molecule has 0 spiro atoms. The number of aliphatic hydroxyl groups is 1. The van der Waals surface area contributed by atoms with Gasteiger partial charge in [0.2, 0.25) is 0 Å². The Bertz CT molecular complexity index is 864. The quantitative estimate of drug-likeness (QED) is 0.0450. The first-order valence-corrected chi connectivity index (χ1v) is 18.5. The third-order valence-corrected chi connectivity index (χ3v) is 7.43. The Balaban J connectivity index is 3.58. The summed E-state index contributed by atoms with van der Waals surface area (Å²) in [5.74, 6) is -0.651. The lowest BCUT2D eigenvalue weighted by Crippen LogP contribution is -2.25. The minimum absolute atomic E-state index is 0.145. The van der Waals surface area contributed by atoms with E-state index in [0.29, 0.717) is 19.3 Å². The van der Waals surface area contributed by atoms with E-state index in [-0.39, 0.29) is 25.2 Å². The van der Waals surface area contributed by atoms with Crippen LogP contribution in [0.25, 0.3) is 0 Å². The number of allylic oxidation sites excluding steroid dienone is 12. The number of unbranched alkanes of at least 4 members (excludes halogenated alkanes) is 12. The summed E-state index contributed by atoms with van der Waals surface area (Å²) < 4.78 is 10.3. The summed E-state index contributed by atoms with van der Waals surface area (Å²) in [4.78, 5) is 23.9. The normalized spacial score (nSPS) is 13.0. The van der Waals surface area contributed by atoms with Crippen LogP contribution in [0.15, 0.2) is 72.9 Å². The van der Waals surface area contributed by atoms with Crippen molar-refractivity contribution in [3.05, 3.63) is 72.9 Å². The first-order chi connectivity index (χ1) is 22.6. The van der Waals surface area contributed by atoms with Gasteiger partial charge in [0.25, 0.3) is 0 Å². The zero-order valence-electron chi connectivity index (χ0n) is 29.6. The predicted octanol–water partition coefficient (Wildman–Crippen LogP) is 11.4. The molecule has 262 valence electrons.